The van der Waals surface area contributed by atoms with Gasteiger partial charge in [0.2, 0.25) is 0 Å². The van der Waals surface area contributed by atoms with E-state index in [4.69, 9.17) is 11.6 Å². The zero-order chi connectivity index (χ0) is 15.8. The highest BCUT2D eigenvalue weighted by molar-refractivity contribution is 7.90. The average molecular weight is 332 g/mol. The van der Waals surface area contributed by atoms with E-state index in [0.717, 1.165) is 12.7 Å². The number of likely N-dealkylation sites (tertiary alicyclic amines) is 1. The zero-order valence-electron chi connectivity index (χ0n) is 11.9. The summed E-state index contributed by atoms with van der Waals surface area (Å²) in [4.78, 5) is 13.9. The maximum absolute atomic E-state index is 12.4. The number of hydrogen-bond donors (Lipinski definition) is 1. The first-order valence-electron chi connectivity index (χ1n) is 6.67. The van der Waals surface area contributed by atoms with Gasteiger partial charge in [0.1, 0.15) is 0 Å². The van der Waals surface area contributed by atoms with Crippen molar-refractivity contribution in [3.63, 3.8) is 0 Å². The molecule has 1 aliphatic heterocycles. The monoisotopic (exact) mass is 331 g/mol. The van der Waals surface area contributed by atoms with Crippen LogP contribution in [0, 0.1) is 5.92 Å². The Hall–Kier alpha value is -1.11. The van der Waals surface area contributed by atoms with Crippen LogP contribution in [0.15, 0.2) is 23.1 Å². The first-order chi connectivity index (χ1) is 9.70. The van der Waals surface area contributed by atoms with Gasteiger partial charge in [-0.2, -0.15) is 0 Å². The number of carbonyl (C=O) groups is 1. The number of sulfone groups is 1. The first-order valence-corrected chi connectivity index (χ1v) is 8.94. The Balaban J connectivity index is 2.28. The summed E-state index contributed by atoms with van der Waals surface area (Å²) in [7, 11) is -3.49. The fourth-order valence-corrected chi connectivity index (χ4v) is 3.64. The molecular weight excluding hydrogens is 314 g/mol. The van der Waals surface area contributed by atoms with Gasteiger partial charge in [-0.3, -0.25) is 4.79 Å². The number of carbonyl (C=O) groups excluding carboxylic acids is 1. The molecule has 1 aliphatic rings. The van der Waals surface area contributed by atoms with E-state index < -0.39 is 15.9 Å². The van der Waals surface area contributed by atoms with Crippen LogP contribution in [-0.2, 0) is 9.84 Å². The second-order valence-corrected chi connectivity index (χ2v) is 7.89. The lowest BCUT2D eigenvalue weighted by Crippen LogP contribution is -2.45. The Morgan fingerprint density at radius 3 is 2.67 bits per heavy atom. The van der Waals surface area contributed by atoms with Gasteiger partial charge in [0.05, 0.1) is 16.0 Å². The maximum Gasteiger partial charge on any atom is 0.253 e. The van der Waals surface area contributed by atoms with E-state index in [-0.39, 0.29) is 33.9 Å². The summed E-state index contributed by atoms with van der Waals surface area (Å²) in [6.07, 6.45) is 1.22. The molecule has 0 radical (unpaired) electrons. The summed E-state index contributed by atoms with van der Waals surface area (Å²) in [5.74, 6) is -0.131. The molecule has 0 spiro atoms. The summed E-state index contributed by atoms with van der Waals surface area (Å²) in [5, 5.41) is 9.96. The van der Waals surface area contributed by atoms with E-state index in [1.165, 1.54) is 18.2 Å². The van der Waals surface area contributed by atoms with Crippen molar-refractivity contribution < 1.29 is 18.3 Å². The van der Waals surface area contributed by atoms with Crippen molar-refractivity contribution in [3.8, 4) is 0 Å². The Morgan fingerprint density at radius 2 is 2.10 bits per heavy atom. The number of aliphatic hydroxyl groups excluding tert-OH is 1. The molecule has 7 heteroatoms. The van der Waals surface area contributed by atoms with Crippen molar-refractivity contribution >= 4 is 27.3 Å². The summed E-state index contributed by atoms with van der Waals surface area (Å²) < 4.78 is 23.3. The van der Waals surface area contributed by atoms with Crippen LogP contribution in [0.2, 0.25) is 5.02 Å². The molecule has 2 rings (SSSR count). The summed E-state index contributed by atoms with van der Waals surface area (Å²) >= 11 is 5.87. The quantitative estimate of drug-likeness (QED) is 0.893. The molecule has 116 valence electrons. The lowest BCUT2D eigenvalue weighted by Gasteiger charge is -2.34. The molecule has 1 amide bonds. The minimum absolute atomic E-state index is 0.0547. The topological polar surface area (TPSA) is 74.7 Å². The molecule has 0 aromatic heterocycles. The molecule has 1 aromatic carbocycles. The molecule has 1 fully saturated rings. The van der Waals surface area contributed by atoms with E-state index in [2.05, 4.69) is 0 Å². The van der Waals surface area contributed by atoms with Gasteiger partial charge in [-0.05, 0) is 30.5 Å². The summed E-state index contributed by atoms with van der Waals surface area (Å²) in [5.41, 5.74) is 0.265. The van der Waals surface area contributed by atoms with E-state index >= 15 is 0 Å². The van der Waals surface area contributed by atoms with E-state index in [0.29, 0.717) is 6.54 Å². The number of piperidine rings is 1. The summed E-state index contributed by atoms with van der Waals surface area (Å²) in [6.45, 7) is 2.75. The third-order valence-electron chi connectivity index (χ3n) is 3.78. The van der Waals surface area contributed by atoms with Gasteiger partial charge < -0.3 is 10.0 Å². The summed E-state index contributed by atoms with van der Waals surface area (Å²) in [6, 6.07) is 4.21. The average Bonchev–Trinajstić information content (AvgIpc) is 2.40. The van der Waals surface area contributed by atoms with Gasteiger partial charge in [0.15, 0.2) is 9.84 Å². The highest BCUT2D eigenvalue weighted by atomic mass is 35.5. The van der Waals surface area contributed by atoms with Gasteiger partial charge in [0, 0.05) is 24.9 Å². The van der Waals surface area contributed by atoms with Crippen LogP contribution in [0.4, 0.5) is 0 Å². The molecule has 1 aromatic rings. The molecule has 1 heterocycles. The van der Waals surface area contributed by atoms with E-state index in [9.17, 15) is 18.3 Å². The van der Waals surface area contributed by atoms with Crippen LogP contribution < -0.4 is 0 Å². The Bertz CT molecular complexity index is 659. The largest absolute Gasteiger partial charge is 0.391 e. The number of nitrogens with zero attached hydrogens (tertiary/aromatic N) is 1. The second-order valence-electron chi connectivity index (χ2n) is 5.50. The standard InChI is InChI=1S/C14H18ClNO4S/c1-9-5-6-16(8-12(9)17)14(18)10-3-4-11(15)13(7-10)21(2,19)20/h3-4,7,9,12,17H,5-6,8H2,1-2H3. The van der Waals surface area contributed by atoms with Gasteiger partial charge >= 0.3 is 0 Å². The molecule has 1 saturated heterocycles. The predicted molar refractivity (Wildman–Crippen MR) is 80.3 cm³/mol. The molecular formula is C14H18ClNO4S. The molecule has 21 heavy (non-hydrogen) atoms. The molecule has 5 nitrogen and oxygen atoms in total. The minimum atomic E-state index is -3.49. The molecule has 1 N–H and O–H groups in total. The third-order valence-corrected chi connectivity index (χ3v) is 5.36. The van der Waals surface area contributed by atoms with Gasteiger partial charge in [-0.15, -0.1) is 0 Å². The van der Waals surface area contributed by atoms with Crippen molar-refractivity contribution in [2.45, 2.75) is 24.3 Å². The normalized spacial score (nSPS) is 23.1. The van der Waals surface area contributed by atoms with Crippen molar-refractivity contribution in [1.82, 2.24) is 4.90 Å². The molecule has 2 unspecified atom stereocenters. The predicted octanol–water partition coefficient (Wildman–Crippen LogP) is 1.59. The molecule has 2 atom stereocenters. The number of amides is 1. The maximum atomic E-state index is 12.4. The highest BCUT2D eigenvalue weighted by Gasteiger charge is 2.28. The Kier molecular flexibility index (Phi) is 4.60. The van der Waals surface area contributed by atoms with Gasteiger partial charge in [-0.1, -0.05) is 18.5 Å². The lowest BCUT2D eigenvalue weighted by molar-refractivity contribution is 0.0248. The van der Waals surface area contributed by atoms with Crippen LogP contribution in [0.3, 0.4) is 0 Å². The van der Waals surface area contributed by atoms with Crippen molar-refractivity contribution in [1.29, 1.82) is 0 Å². The van der Waals surface area contributed by atoms with Crippen molar-refractivity contribution in [2.24, 2.45) is 5.92 Å². The zero-order valence-corrected chi connectivity index (χ0v) is 13.5. The number of β-amino-alcohol motifs (C(OH)–C–C–N with tert-alkyl or cyclic N) is 1. The number of halogens is 1. The third kappa shape index (κ3) is 3.56. The minimum Gasteiger partial charge on any atom is -0.391 e. The van der Waals surface area contributed by atoms with Crippen molar-refractivity contribution in [2.75, 3.05) is 19.3 Å². The van der Waals surface area contributed by atoms with Crippen molar-refractivity contribution in [3.05, 3.63) is 28.8 Å². The lowest BCUT2D eigenvalue weighted by atomic mass is 9.95. The first kappa shape index (κ1) is 16.3. The number of rotatable bonds is 2. The number of aliphatic hydroxyl groups is 1. The molecule has 0 bridgehead atoms. The molecule has 0 aliphatic carbocycles. The van der Waals surface area contributed by atoms with Crippen LogP contribution in [0.5, 0.6) is 0 Å². The highest BCUT2D eigenvalue weighted by Crippen LogP contribution is 2.24. The van der Waals surface area contributed by atoms with Crippen LogP contribution in [0.1, 0.15) is 23.7 Å². The van der Waals surface area contributed by atoms with Crippen LogP contribution in [0.25, 0.3) is 0 Å². The Morgan fingerprint density at radius 1 is 1.43 bits per heavy atom. The van der Waals surface area contributed by atoms with E-state index in [1.54, 1.807) is 4.90 Å². The number of benzene rings is 1. The van der Waals surface area contributed by atoms with Crippen LogP contribution >= 0.6 is 11.6 Å². The van der Waals surface area contributed by atoms with Gasteiger partial charge in [-0.25, -0.2) is 8.42 Å². The van der Waals surface area contributed by atoms with Crippen LogP contribution in [-0.4, -0.2) is 49.8 Å². The molecule has 0 saturated carbocycles. The second kappa shape index (κ2) is 5.94. The Labute approximate surface area is 129 Å². The fourth-order valence-electron chi connectivity index (χ4n) is 2.34. The smallest absolute Gasteiger partial charge is 0.253 e. The van der Waals surface area contributed by atoms with E-state index in [1.807, 2.05) is 6.92 Å². The number of hydrogen-bond acceptors (Lipinski definition) is 4. The SMILES string of the molecule is CC1CCN(C(=O)c2ccc(Cl)c(S(C)(=O)=O)c2)CC1O. The van der Waals surface area contributed by atoms with Gasteiger partial charge in [0.25, 0.3) is 5.91 Å². The fraction of sp³-hybridized carbons (Fsp3) is 0.500.